The van der Waals surface area contributed by atoms with E-state index in [-0.39, 0.29) is 10.2 Å². The predicted molar refractivity (Wildman–Crippen MR) is 44.0 cm³/mol. The third-order valence-electron chi connectivity index (χ3n) is 2.82. The molecule has 1 nitrogen and oxygen atoms in total. The van der Waals surface area contributed by atoms with Gasteiger partial charge in [-0.25, -0.2) is 0 Å². The van der Waals surface area contributed by atoms with Crippen LogP contribution in [-0.2, 0) is 0 Å². The molecule has 0 aromatic heterocycles. The molecule has 2 aliphatic rings. The molecule has 0 spiro atoms. The summed E-state index contributed by atoms with van der Waals surface area (Å²) in [7, 11) is 1.94. The van der Waals surface area contributed by atoms with Crippen molar-refractivity contribution in [2.24, 2.45) is 5.92 Å². The maximum atomic E-state index is 3.55. The highest BCUT2D eigenvalue weighted by molar-refractivity contribution is 8.32. The van der Waals surface area contributed by atoms with Crippen molar-refractivity contribution in [3.8, 4) is 0 Å². The molecule has 0 aromatic carbocycles. The molecule has 2 saturated heterocycles. The number of rotatable bonds is 1. The normalized spacial score (nSPS) is 55.4. The second kappa shape index (κ2) is 1.89. The van der Waals surface area contributed by atoms with Crippen LogP contribution in [0.15, 0.2) is 0 Å². The lowest BCUT2D eigenvalue weighted by molar-refractivity contribution is 0.589. The van der Waals surface area contributed by atoms with Gasteiger partial charge in [-0.1, -0.05) is 0 Å². The summed E-state index contributed by atoms with van der Waals surface area (Å²) in [5, 5.41) is 0. The van der Waals surface area contributed by atoms with Crippen LogP contribution < -0.4 is 4.72 Å². The van der Waals surface area contributed by atoms with Gasteiger partial charge >= 0.3 is 0 Å². The van der Waals surface area contributed by atoms with Crippen molar-refractivity contribution in [1.82, 2.24) is 4.72 Å². The van der Waals surface area contributed by atoms with E-state index in [4.69, 9.17) is 0 Å². The monoisotopic (exact) mass is 145 g/mol. The van der Waals surface area contributed by atoms with Crippen LogP contribution in [0.25, 0.3) is 0 Å². The summed E-state index contributed by atoms with van der Waals surface area (Å²) in [4.78, 5) is 0. The molecular weight excluding hydrogens is 130 g/mol. The topological polar surface area (TPSA) is 12.0 Å². The van der Waals surface area contributed by atoms with Crippen LogP contribution in [0.3, 0.4) is 0 Å². The molecule has 0 atom stereocenters. The molecule has 0 amide bonds. The third kappa shape index (κ3) is 0.802. The van der Waals surface area contributed by atoms with Crippen LogP contribution in [0.1, 0.15) is 12.8 Å². The van der Waals surface area contributed by atoms with Crippen LogP contribution in [-0.4, -0.2) is 24.3 Å². The molecule has 54 valence electrons. The van der Waals surface area contributed by atoms with Crippen molar-refractivity contribution < 1.29 is 0 Å². The average molecular weight is 145 g/mol. The maximum Gasteiger partial charge on any atom is -0.00712 e. The highest BCUT2D eigenvalue weighted by Crippen LogP contribution is 2.59. The smallest absolute Gasteiger partial charge is 0.00712 e. The molecule has 2 heteroatoms. The highest BCUT2D eigenvalue weighted by atomic mass is 32.3. The molecule has 2 bridgehead atoms. The van der Waals surface area contributed by atoms with Gasteiger partial charge in [-0.05, 0) is 43.1 Å². The van der Waals surface area contributed by atoms with Crippen molar-refractivity contribution in [2.75, 3.05) is 24.3 Å². The number of fused-ring (bicyclic) bond motifs is 2. The van der Waals surface area contributed by atoms with Crippen LogP contribution >= 0.6 is 10.2 Å². The van der Waals surface area contributed by atoms with Crippen molar-refractivity contribution in [3.63, 3.8) is 0 Å². The molecule has 2 fully saturated rings. The first kappa shape index (κ1) is 6.05. The fourth-order valence-electron chi connectivity index (χ4n) is 2.10. The minimum atomic E-state index is -0.213. The van der Waals surface area contributed by atoms with Crippen molar-refractivity contribution in [1.29, 1.82) is 0 Å². The van der Waals surface area contributed by atoms with Gasteiger partial charge in [0.15, 0.2) is 0 Å². The van der Waals surface area contributed by atoms with Crippen LogP contribution in [0.4, 0.5) is 0 Å². The molecular formula is C7H15NS. The first-order valence-corrected chi connectivity index (χ1v) is 5.94. The number of nitrogens with one attached hydrogen (secondary N) is 1. The predicted octanol–water partition coefficient (Wildman–Crippen LogP) is 1.35. The fourth-order valence-corrected chi connectivity index (χ4v) is 6.02. The summed E-state index contributed by atoms with van der Waals surface area (Å²) in [5.41, 5.74) is 0. The fraction of sp³-hybridized carbons (Fsp3) is 1.00. The number of hydrogen-bond acceptors (Lipinski definition) is 1. The summed E-state index contributed by atoms with van der Waals surface area (Å²) < 4.78 is 3.55. The van der Waals surface area contributed by atoms with E-state index in [1.54, 1.807) is 5.75 Å². The van der Waals surface area contributed by atoms with Crippen LogP contribution in [0.2, 0.25) is 0 Å². The van der Waals surface area contributed by atoms with Gasteiger partial charge in [0.25, 0.3) is 0 Å². The zero-order valence-electron chi connectivity index (χ0n) is 6.02. The third-order valence-corrected chi connectivity index (χ3v) is 6.83. The Balaban J connectivity index is 2.13. The van der Waals surface area contributed by atoms with Crippen molar-refractivity contribution >= 4 is 10.2 Å². The highest BCUT2D eigenvalue weighted by Gasteiger charge is 2.39. The Labute approximate surface area is 58.7 Å². The summed E-state index contributed by atoms with van der Waals surface area (Å²) in [6.07, 6.45) is 3.05. The summed E-state index contributed by atoms with van der Waals surface area (Å²) in [6, 6.07) is 0. The Morgan fingerprint density at radius 1 is 1.33 bits per heavy atom. The maximum absolute atomic E-state index is 3.55. The standard InChI is InChI=1S/C7H15NS/c1-8-9-4-2-7(6-9)3-5-9/h7-8H,2-6H2,1H3. The molecule has 2 rings (SSSR count). The molecule has 2 heterocycles. The lowest BCUT2D eigenvalue weighted by atomic mass is 10.1. The van der Waals surface area contributed by atoms with E-state index in [1.807, 2.05) is 0 Å². The minimum Gasteiger partial charge on any atom is -0.284 e. The van der Waals surface area contributed by atoms with E-state index < -0.39 is 0 Å². The molecule has 0 aliphatic carbocycles. The average Bonchev–Trinajstić information content (AvgIpc) is 2.46. The zero-order chi connectivity index (χ0) is 6.32. The first-order chi connectivity index (χ1) is 4.35. The van der Waals surface area contributed by atoms with E-state index in [1.165, 1.54) is 24.3 Å². The van der Waals surface area contributed by atoms with Gasteiger partial charge in [0.2, 0.25) is 0 Å². The SMILES string of the molecule is CNS12CCC(CC1)C2. The van der Waals surface area contributed by atoms with Gasteiger partial charge in [0.1, 0.15) is 0 Å². The van der Waals surface area contributed by atoms with E-state index in [0.717, 1.165) is 5.92 Å². The van der Waals surface area contributed by atoms with Gasteiger partial charge < -0.3 is 0 Å². The Kier molecular flexibility index (Phi) is 1.27. The van der Waals surface area contributed by atoms with Crippen molar-refractivity contribution in [2.45, 2.75) is 12.8 Å². The van der Waals surface area contributed by atoms with Gasteiger partial charge in [0, 0.05) is 0 Å². The second-order valence-corrected chi connectivity index (χ2v) is 6.92. The Morgan fingerprint density at radius 3 is 2.22 bits per heavy atom. The summed E-state index contributed by atoms with van der Waals surface area (Å²) in [6.45, 7) is 0. The molecule has 1 N–H and O–H groups in total. The summed E-state index contributed by atoms with van der Waals surface area (Å²) in [5.74, 6) is 5.71. The van der Waals surface area contributed by atoms with Crippen LogP contribution in [0.5, 0.6) is 0 Å². The second-order valence-electron chi connectivity index (χ2n) is 3.27. The Morgan fingerprint density at radius 2 is 2.00 bits per heavy atom. The van der Waals surface area contributed by atoms with E-state index in [2.05, 4.69) is 11.8 Å². The first-order valence-electron chi connectivity index (χ1n) is 3.79. The molecule has 0 radical (unpaired) electrons. The van der Waals surface area contributed by atoms with E-state index >= 15 is 0 Å². The van der Waals surface area contributed by atoms with E-state index in [9.17, 15) is 0 Å². The molecule has 0 aromatic rings. The molecule has 0 saturated carbocycles. The van der Waals surface area contributed by atoms with Crippen LogP contribution in [0, 0.1) is 5.92 Å². The number of hydrogen-bond donors (Lipinski definition) is 1. The van der Waals surface area contributed by atoms with Crippen molar-refractivity contribution in [3.05, 3.63) is 0 Å². The quantitative estimate of drug-likeness (QED) is 0.587. The van der Waals surface area contributed by atoms with Gasteiger partial charge in [0.05, 0.1) is 0 Å². The van der Waals surface area contributed by atoms with Gasteiger partial charge in [-0.15, -0.1) is 0 Å². The Hall–Kier alpha value is 0.310. The largest absolute Gasteiger partial charge is 0.284 e. The lowest BCUT2D eigenvalue weighted by Gasteiger charge is -2.32. The minimum absolute atomic E-state index is 0.213. The van der Waals surface area contributed by atoms with Gasteiger partial charge in [-0.3, -0.25) is 4.72 Å². The Bertz CT molecular complexity index is 116. The zero-order valence-corrected chi connectivity index (χ0v) is 6.84. The summed E-state index contributed by atoms with van der Waals surface area (Å²) >= 11 is 0. The lowest BCUT2D eigenvalue weighted by Crippen LogP contribution is -2.18. The molecule has 0 unspecified atom stereocenters. The van der Waals surface area contributed by atoms with E-state index in [0.29, 0.717) is 0 Å². The van der Waals surface area contributed by atoms with Gasteiger partial charge in [-0.2, -0.15) is 10.2 Å². The molecule has 2 aliphatic heterocycles. The molecule has 9 heavy (non-hydrogen) atoms.